The van der Waals surface area contributed by atoms with Crippen molar-refractivity contribution < 1.29 is 23.9 Å². The first kappa shape index (κ1) is 24.2. The second kappa shape index (κ2) is 11.0. The molecule has 0 aliphatic heterocycles. The van der Waals surface area contributed by atoms with Gasteiger partial charge in [-0.3, -0.25) is 20.2 Å². The quantitative estimate of drug-likeness (QED) is 0.188. The van der Waals surface area contributed by atoms with Crippen LogP contribution in [0.4, 0.5) is 10.1 Å². The summed E-state index contributed by atoms with van der Waals surface area (Å²) in [5, 5.41) is 14.3. The number of aromatic nitrogens is 1. The summed E-state index contributed by atoms with van der Waals surface area (Å²) in [5.74, 6) is 1.33. The molecule has 0 aliphatic rings. The largest absolute Gasteiger partial charge is 0.494 e. The van der Waals surface area contributed by atoms with Gasteiger partial charge in [-0.2, -0.15) is 0 Å². The third-order valence-corrected chi connectivity index (χ3v) is 6.47. The van der Waals surface area contributed by atoms with E-state index in [1.165, 1.54) is 12.1 Å². The van der Waals surface area contributed by atoms with E-state index in [0.717, 1.165) is 22.7 Å². The third kappa shape index (κ3) is 5.76. The number of thiazole rings is 1. The van der Waals surface area contributed by atoms with Crippen LogP contribution in [0.5, 0.6) is 22.3 Å². The average molecular weight is 512 g/mol. The van der Waals surface area contributed by atoms with Gasteiger partial charge in [0.05, 0.1) is 23.0 Å². The molecule has 2 aromatic carbocycles. The van der Waals surface area contributed by atoms with Crippen molar-refractivity contribution in [3.63, 3.8) is 0 Å². The molecule has 0 spiro atoms. The van der Waals surface area contributed by atoms with E-state index in [1.807, 2.05) is 56.3 Å². The summed E-state index contributed by atoms with van der Waals surface area (Å²) >= 11 is 1.94. The molecular formula is C24H21N3O6S2. The summed E-state index contributed by atoms with van der Waals surface area (Å²) in [7, 11) is 0. The van der Waals surface area contributed by atoms with Crippen molar-refractivity contribution in [2.24, 2.45) is 0 Å². The van der Waals surface area contributed by atoms with Crippen LogP contribution in [0.25, 0.3) is 11.3 Å². The van der Waals surface area contributed by atoms with E-state index in [-0.39, 0.29) is 15.0 Å². The summed E-state index contributed by atoms with van der Waals surface area (Å²) in [6.45, 7) is 4.73. The maximum Gasteiger partial charge on any atom is 0.324 e. The lowest BCUT2D eigenvalue weighted by Gasteiger charge is -2.12. The number of carbonyl (C=O) groups excluding carboxylic acids is 1. The lowest BCUT2D eigenvalue weighted by molar-refractivity contribution is -0.380. The molecule has 2 aromatic heterocycles. The number of hydrogen-bond acceptors (Lipinski definition) is 9. The third-order valence-electron chi connectivity index (χ3n) is 4.58. The van der Waals surface area contributed by atoms with E-state index in [4.69, 9.17) is 14.2 Å². The van der Waals surface area contributed by atoms with Crippen LogP contribution in [0.3, 0.4) is 0 Å². The summed E-state index contributed by atoms with van der Waals surface area (Å²) < 4.78 is 17.6. The zero-order valence-electron chi connectivity index (χ0n) is 18.8. The highest BCUT2D eigenvalue weighted by Gasteiger charge is 2.22. The van der Waals surface area contributed by atoms with Gasteiger partial charge in [-0.25, -0.2) is 4.98 Å². The van der Waals surface area contributed by atoms with Gasteiger partial charge in [0, 0.05) is 17.7 Å². The Morgan fingerprint density at radius 2 is 1.77 bits per heavy atom. The number of rotatable bonds is 10. The Bertz CT molecular complexity index is 1340. The van der Waals surface area contributed by atoms with Gasteiger partial charge in [0.1, 0.15) is 22.9 Å². The number of amides is 1. The molecule has 180 valence electrons. The Morgan fingerprint density at radius 3 is 2.46 bits per heavy atom. The molecule has 0 unspecified atom stereocenters. The lowest BCUT2D eigenvalue weighted by Crippen LogP contribution is -2.09. The van der Waals surface area contributed by atoms with Gasteiger partial charge in [0.15, 0.2) is 5.13 Å². The normalized spacial score (nSPS) is 10.6. The summed E-state index contributed by atoms with van der Waals surface area (Å²) in [6, 6.07) is 17.4. The Labute approximate surface area is 209 Å². The number of nitrogens with one attached hydrogen (secondary N) is 1. The van der Waals surface area contributed by atoms with Crippen molar-refractivity contribution in [3.8, 4) is 33.6 Å². The zero-order chi connectivity index (χ0) is 24.8. The number of ether oxygens (including phenoxy) is 3. The molecule has 4 aromatic rings. The minimum absolute atomic E-state index is 0.112. The van der Waals surface area contributed by atoms with Gasteiger partial charge in [0.2, 0.25) is 5.06 Å². The molecule has 4 rings (SSSR count). The Balaban J connectivity index is 1.71. The molecular weight excluding hydrogens is 490 g/mol. The van der Waals surface area contributed by atoms with Crippen molar-refractivity contribution in [1.82, 2.24) is 4.98 Å². The SMILES string of the molecule is CCOc1ccc(-c2nc(NC(=O)c3ccc([N+](=O)[O-])s3)sc2Oc2ccccc2)c(OCC)c1. The van der Waals surface area contributed by atoms with Gasteiger partial charge in [-0.15, -0.1) is 0 Å². The fraction of sp³-hybridized carbons (Fsp3) is 0.167. The number of para-hydroxylation sites is 1. The van der Waals surface area contributed by atoms with E-state index < -0.39 is 10.8 Å². The van der Waals surface area contributed by atoms with E-state index >= 15 is 0 Å². The van der Waals surface area contributed by atoms with E-state index in [0.29, 0.717) is 46.8 Å². The first-order valence-electron chi connectivity index (χ1n) is 10.7. The summed E-state index contributed by atoms with van der Waals surface area (Å²) in [6.07, 6.45) is 0. The van der Waals surface area contributed by atoms with Crippen LogP contribution >= 0.6 is 22.7 Å². The van der Waals surface area contributed by atoms with Crippen LogP contribution in [0.2, 0.25) is 0 Å². The molecule has 0 atom stereocenters. The standard InChI is InChI=1S/C24H21N3O6S2/c1-3-31-16-10-11-17(18(14-16)32-4-2)21-23(33-15-8-6-5-7-9-15)35-24(25-21)26-22(28)19-12-13-20(34-19)27(29)30/h5-14H,3-4H2,1-2H3,(H,25,26,28). The fourth-order valence-corrected chi connectivity index (χ4v) is 4.69. The maximum absolute atomic E-state index is 12.7. The molecule has 0 radical (unpaired) electrons. The second-order valence-corrected chi connectivity index (χ2v) is 8.97. The molecule has 0 saturated carbocycles. The van der Waals surface area contributed by atoms with Crippen molar-refractivity contribution in [3.05, 3.63) is 75.7 Å². The number of nitro groups is 1. The first-order chi connectivity index (χ1) is 17.0. The number of hydrogen-bond donors (Lipinski definition) is 1. The minimum atomic E-state index is -0.532. The van der Waals surface area contributed by atoms with Crippen LogP contribution in [0.1, 0.15) is 23.5 Å². The number of anilines is 1. The van der Waals surface area contributed by atoms with Gasteiger partial charge in [-0.1, -0.05) is 40.9 Å². The fourth-order valence-electron chi connectivity index (χ4n) is 3.13. The monoisotopic (exact) mass is 511 g/mol. The van der Waals surface area contributed by atoms with Gasteiger partial charge in [0.25, 0.3) is 5.91 Å². The highest BCUT2D eigenvalue weighted by Crippen LogP contribution is 2.44. The molecule has 11 heteroatoms. The van der Waals surface area contributed by atoms with Crippen LogP contribution in [-0.2, 0) is 0 Å². The minimum Gasteiger partial charge on any atom is -0.494 e. The van der Waals surface area contributed by atoms with Crippen LogP contribution in [0, 0.1) is 10.1 Å². The molecule has 1 N–H and O–H groups in total. The predicted molar refractivity (Wildman–Crippen MR) is 135 cm³/mol. The second-order valence-electron chi connectivity index (χ2n) is 6.94. The molecule has 1 amide bonds. The lowest BCUT2D eigenvalue weighted by atomic mass is 10.1. The number of carbonyl (C=O) groups is 1. The summed E-state index contributed by atoms with van der Waals surface area (Å²) in [4.78, 5) is 28.0. The highest BCUT2D eigenvalue weighted by molar-refractivity contribution is 7.19. The van der Waals surface area contributed by atoms with Gasteiger partial charge in [-0.05, 0) is 44.2 Å². The van der Waals surface area contributed by atoms with Crippen molar-refractivity contribution in [1.29, 1.82) is 0 Å². The van der Waals surface area contributed by atoms with E-state index in [2.05, 4.69) is 10.3 Å². The van der Waals surface area contributed by atoms with Crippen molar-refractivity contribution in [2.75, 3.05) is 18.5 Å². The van der Waals surface area contributed by atoms with E-state index in [9.17, 15) is 14.9 Å². The molecule has 0 fully saturated rings. The molecule has 0 aliphatic carbocycles. The predicted octanol–water partition coefficient (Wildman–Crippen LogP) is 6.62. The Morgan fingerprint density at radius 1 is 1.00 bits per heavy atom. The topological polar surface area (TPSA) is 113 Å². The number of benzene rings is 2. The smallest absolute Gasteiger partial charge is 0.324 e. The summed E-state index contributed by atoms with van der Waals surface area (Å²) in [5.41, 5.74) is 1.16. The van der Waals surface area contributed by atoms with Crippen LogP contribution in [-0.4, -0.2) is 29.0 Å². The average Bonchev–Trinajstić information content (AvgIpc) is 3.48. The van der Waals surface area contributed by atoms with Crippen LogP contribution in [0.15, 0.2) is 60.7 Å². The molecule has 9 nitrogen and oxygen atoms in total. The molecule has 0 saturated heterocycles. The first-order valence-corrected chi connectivity index (χ1v) is 12.3. The van der Waals surface area contributed by atoms with Crippen molar-refractivity contribution >= 4 is 38.7 Å². The van der Waals surface area contributed by atoms with Crippen molar-refractivity contribution in [2.45, 2.75) is 13.8 Å². The number of thiophene rings is 1. The Hall–Kier alpha value is -3.96. The number of nitrogens with zero attached hydrogens (tertiary/aromatic N) is 2. The van der Waals surface area contributed by atoms with Crippen LogP contribution < -0.4 is 19.5 Å². The van der Waals surface area contributed by atoms with Gasteiger partial charge >= 0.3 is 5.00 Å². The van der Waals surface area contributed by atoms with E-state index in [1.54, 1.807) is 6.07 Å². The van der Waals surface area contributed by atoms with Gasteiger partial charge < -0.3 is 14.2 Å². The highest BCUT2D eigenvalue weighted by atomic mass is 32.1. The zero-order valence-corrected chi connectivity index (χ0v) is 20.5. The molecule has 2 heterocycles. The molecule has 35 heavy (non-hydrogen) atoms. The Kier molecular flexibility index (Phi) is 7.58. The molecule has 0 bridgehead atoms. The maximum atomic E-state index is 12.7.